The lowest BCUT2D eigenvalue weighted by Gasteiger charge is -2.20. The Bertz CT molecular complexity index is 811. The molecule has 0 bridgehead atoms. The van der Waals surface area contributed by atoms with Crippen molar-refractivity contribution >= 4 is 23.7 Å². The first-order valence-corrected chi connectivity index (χ1v) is 9.14. The number of benzene rings is 1. The van der Waals surface area contributed by atoms with Crippen LogP contribution in [0.3, 0.4) is 0 Å². The molecule has 8 heteroatoms. The van der Waals surface area contributed by atoms with Crippen LogP contribution >= 0.6 is 11.8 Å². The number of aryl methyl sites for hydroxylation is 2. The summed E-state index contributed by atoms with van der Waals surface area (Å²) in [7, 11) is 0. The van der Waals surface area contributed by atoms with Gasteiger partial charge in [0.15, 0.2) is 0 Å². The van der Waals surface area contributed by atoms with E-state index in [-0.39, 0.29) is 5.22 Å². The van der Waals surface area contributed by atoms with Crippen LogP contribution in [0.1, 0.15) is 38.8 Å². The molecule has 7 nitrogen and oxygen atoms in total. The standard InChI is InChI=1S/C18H24N4O3S/c1-10-7-8-13(9-11(10)2)15-21-22-17(25-15)26-12(3)14(23)19-16(24)20-18(4,5)6/h7-9,12H,1-6H3,(H2,19,20,23,24). The SMILES string of the molecule is Cc1ccc(-c2nnc(SC(C)C(=O)NC(=O)NC(C)(C)C)o2)cc1C. The zero-order valence-corrected chi connectivity index (χ0v) is 16.7. The molecule has 0 spiro atoms. The number of nitrogens with one attached hydrogen (secondary N) is 2. The lowest BCUT2D eigenvalue weighted by Crippen LogP contribution is -2.49. The molecule has 2 rings (SSSR count). The van der Waals surface area contributed by atoms with Gasteiger partial charge >= 0.3 is 6.03 Å². The van der Waals surface area contributed by atoms with Gasteiger partial charge in [-0.3, -0.25) is 10.1 Å². The fraction of sp³-hybridized carbons (Fsp3) is 0.444. The number of thioether (sulfide) groups is 1. The van der Waals surface area contributed by atoms with Crippen LogP contribution < -0.4 is 10.6 Å². The number of urea groups is 1. The molecule has 0 aliphatic carbocycles. The summed E-state index contributed by atoms with van der Waals surface area (Å²) in [5, 5.41) is 12.7. The maximum Gasteiger partial charge on any atom is 0.321 e. The monoisotopic (exact) mass is 376 g/mol. The second-order valence-corrected chi connectivity index (χ2v) is 8.42. The maximum absolute atomic E-state index is 12.1. The molecule has 0 aliphatic heterocycles. The Kier molecular flexibility index (Phi) is 6.07. The van der Waals surface area contributed by atoms with Gasteiger partial charge in [0, 0.05) is 11.1 Å². The predicted molar refractivity (Wildman–Crippen MR) is 101 cm³/mol. The average Bonchev–Trinajstić information content (AvgIpc) is 2.96. The fourth-order valence-corrected chi connectivity index (χ4v) is 2.72. The van der Waals surface area contributed by atoms with Gasteiger partial charge in [-0.25, -0.2) is 4.79 Å². The number of hydrogen-bond acceptors (Lipinski definition) is 6. The number of amides is 3. The molecule has 0 aliphatic rings. The van der Waals surface area contributed by atoms with Gasteiger partial charge in [-0.05, 0) is 64.8 Å². The third kappa shape index (κ3) is 5.59. The topological polar surface area (TPSA) is 97.1 Å². The molecule has 1 aromatic carbocycles. The van der Waals surface area contributed by atoms with E-state index in [1.807, 2.05) is 52.8 Å². The minimum Gasteiger partial charge on any atom is -0.411 e. The van der Waals surface area contributed by atoms with Crippen LogP contribution in [0.5, 0.6) is 0 Å². The quantitative estimate of drug-likeness (QED) is 0.793. The molecule has 3 amide bonds. The number of aromatic nitrogens is 2. The van der Waals surface area contributed by atoms with E-state index in [4.69, 9.17) is 4.42 Å². The lowest BCUT2D eigenvalue weighted by atomic mass is 10.1. The third-order valence-electron chi connectivity index (χ3n) is 3.53. The van der Waals surface area contributed by atoms with Gasteiger partial charge < -0.3 is 9.73 Å². The van der Waals surface area contributed by atoms with Gasteiger partial charge in [0.25, 0.3) is 5.22 Å². The summed E-state index contributed by atoms with van der Waals surface area (Å²) in [6.07, 6.45) is 0. The minimum absolute atomic E-state index is 0.275. The van der Waals surface area contributed by atoms with E-state index in [9.17, 15) is 9.59 Å². The fourth-order valence-electron chi connectivity index (χ4n) is 2.04. The number of imide groups is 1. The molecule has 2 aromatic rings. The maximum atomic E-state index is 12.1. The van der Waals surface area contributed by atoms with Crippen molar-refractivity contribution in [1.82, 2.24) is 20.8 Å². The van der Waals surface area contributed by atoms with Crippen molar-refractivity contribution in [2.75, 3.05) is 0 Å². The molecule has 0 radical (unpaired) electrons. The molecule has 1 aromatic heterocycles. The van der Waals surface area contributed by atoms with Gasteiger partial charge in [-0.1, -0.05) is 17.8 Å². The Morgan fingerprint density at radius 2 is 1.85 bits per heavy atom. The highest BCUT2D eigenvalue weighted by atomic mass is 32.2. The predicted octanol–water partition coefficient (Wildman–Crippen LogP) is 3.46. The number of rotatable bonds is 4. The highest BCUT2D eigenvalue weighted by molar-refractivity contribution is 8.00. The molecule has 26 heavy (non-hydrogen) atoms. The zero-order valence-electron chi connectivity index (χ0n) is 15.8. The van der Waals surface area contributed by atoms with E-state index >= 15 is 0 Å². The summed E-state index contributed by atoms with van der Waals surface area (Å²) in [6, 6.07) is 5.35. The number of carbonyl (C=O) groups excluding carboxylic acids is 2. The Hall–Kier alpha value is -2.35. The van der Waals surface area contributed by atoms with Crippen LogP contribution in [0.2, 0.25) is 0 Å². The number of hydrogen-bond donors (Lipinski definition) is 2. The van der Waals surface area contributed by atoms with E-state index in [1.54, 1.807) is 6.92 Å². The van der Waals surface area contributed by atoms with Crippen molar-refractivity contribution in [1.29, 1.82) is 0 Å². The van der Waals surface area contributed by atoms with Crippen molar-refractivity contribution in [2.45, 2.75) is 57.6 Å². The Morgan fingerprint density at radius 3 is 2.46 bits per heavy atom. The summed E-state index contributed by atoms with van der Waals surface area (Å²) in [4.78, 5) is 23.9. The minimum atomic E-state index is -0.561. The van der Waals surface area contributed by atoms with E-state index < -0.39 is 22.7 Å². The summed E-state index contributed by atoms with van der Waals surface area (Å²) < 4.78 is 5.63. The molecule has 0 saturated carbocycles. The van der Waals surface area contributed by atoms with E-state index in [0.717, 1.165) is 22.9 Å². The van der Waals surface area contributed by atoms with E-state index in [0.29, 0.717) is 5.89 Å². The second kappa shape index (κ2) is 7.90. The van der Waals surface area contributed by atoms with Crippen molar-refractivity contribution < 1.29 is 14.0 Å². The summed E-state index contributed by atoms with van der Waals surface area (Å²) in [5.74, 6) is -0.0311. The summed E-state index contributed by atoms with van der Waals surface area (Å²) in [6.45, 7) is 11.2. The van der Waals surface area contributed by atoms with E-state index in [2.05, 4.69) is 20.8 Å². The Balaban J connectivity index is 1.98. The molecular weight excluding hydrogens is 352 g/mol. The van der Waals surface area contributed by atoms with Gasteiger partial charge in [-0.15, -0.1) is 10.2 Å². The van der Waals surface area contributed by atoms with Crippen molar-refractivity contribution in [3.05, 3.63) is 29.3 Å². The second-order valence-electron chi connectivity index (χ2n) is 7.13. The van der Waals surface area contributed by atoms with Gasteiger partial charge in [-0.2, -0.15) is 0 Å². The first-order valence-electron chi connectivity index (χ1n) is 8.26. The number of nitrogens with zero attached hydrogens (tertiary/aromatic N) is 2. The lowest BCUT2D eigenvalue weighted by molar-refractivity contribution is -0.119. The number of carbonyl (C=O) groups is 2. The van der Waals surface area contributed by atoms with Crippen molar-refractivity contribution in [2.24, 2.45) is 0 Å². The van der Waals surface area contributed by atoms with E-state index in [1.165, 1.54) is 5.56 Å². The highest BCUT2D eigenvalue weighted by Crippen LogP contribution is 2.27. The highest BCUT2D eigenvalue weighted by Gasteiger charge is 2.22. The third-order valence-corrected chi connectivity index (χ3v) is 4.47. The van der Waals surface area contributed by atoms with Crippen LogP contribution in [-0.2, 0) is 4.79 Å². The molecule has 140 valence electrons. The molecule has 0 fully saturated rings. The first-order chi connectivity index (χ1) is 12.0. The first kappa shape index (κ1) is 20.0. The van der Waals surface area contributed by atoms with Crippen LogP contribution in [0.25, 0.3) is 11.5 Å². The molecule has 1 unspecified atom stereocenters. The van der Waals surface area contributed by atoms with Crippen molar-refractivity contribution in [3.63, 3.8) is 0 Å². The zero-order chi connectivity index (χ0) is 19.5. The summed E-state index contributed by atoms with van der Waals surface area (Å²) in [5.41, 5.74) is 2.72. The van der Waals surface area contributed by atoms with Gasteiger partial charge in [0.1, 0.15) is 0 Å². The van der Waals surface area contributed by atoms with Crippen LogP contribution in [-0.4, -0.2) is 32.9 Å². The van der Waals surface area contributed by atoms with Crippen LogP contribution in [0, 0.1) is 13.8 Å². The smallest absolute Gasteiger partial charge is 0.321 e. The molecular formula is C18H24N4O3S. The van der Waals surface area contributed by atoms with Crippen molar-refractivity contribution in [3.8, 4) is 11.5 Å². The summed E-state index contributed by atoms with van der Waals surface area (Å²) >= 11 is 1.10. The Morgan fingerprint density at radius 1 is 1.15 bits per heavy atom. The van der Waals surface area contributed by atoms with Crippen LogP contribution in [0.15, 0.2) is 27.8 Å². The average molecular weight is 376 g/mol. The van der Waals surface area contributed by atoms with Gasteiger partial charge in [0.2, 0.25) is 11.8 Å². The molecule has 1 atom stereocenters. The van der Waals surface area contributed by atoms with Crippen LogP contribution in [0.4, 0.5) is 4.79 Å². The molecule has 0 saturated heterocycles. The molecule has 2 N–H and O–H groups in total. The largest absolute Gasteiger partial charge is 0.411 e. The molecule has 1 heterocycles. The normalized spacial score (nSPS) is 12.5. The van der Waals surface area contributed by atoms with Gasteiger partial charge in [0.05, 0.1) is 5.25 Å². The Labute approximate surface area is 157 Å².